The third-order valence-electron chi connectivity index (χ3n) is 4.54. The summed E-state index contributed by atoms with van der Waals surface area (Å²) in [6, 6.07) is 5.40. The third-order valence-corrected chi connectivity index (χ3v) is 5.43. The molecule has 0 aromatic heterocycles. The van der Waals surface area contributed by atoms with E-state index in [1.165, 1.54) is 31.7 Å². The van der Waals surface area contributed by atoms with Crippen LogP contribution in [0.5, 0.6) is 0 Å². The van der Waals surface area contributed by atoms with Gasteiger partial charge in [0.25, 0.3) is 0 Å². The summed E-state index contributed by atoms with van der Waals surface area (Å²) in [6.45, 7) is 6.69. The predicted octanol–water partition coefficient (Wildman–Crippen LogP) is 5.18. The molecule has 1 aliphatic rings. The minimum Gasteiger partial charge on any atom is -0.316 e. The molecule has 1 aromatic rings. The van der Waals surface area contributed by atoms with Gasteiger partial charge in [-0.15, -0.1) is 0 Å². The van der Waals surface area contributed by atoms with Gasteiger partial charge in [-0.05, 0) is 77.7 Å². The number of benzene rings is 1. The van der Waals surface area contributed by atoms with E-state index in [1.807, 2.05) is 6.07 Å². The van der Waals surface area contributed by atoms with Crippen molar-refractivity contribution < 1.29 is 4.39 Å². The van der Waals surface area contributed by atoms with Crippen molar-refractivity contribution in [2.24, 2.45) is 17.8 Å². The van der Waals surface area contributed by atoms with Crippen LogP contribution in [0.25, 0.3) is 0 Å². The van der Waals surface area contributed by atoms with Gasteiger partial charge in [0.05, 0.1) is 4.47 Å². The van der Waals surface area contributed by atoms with Crippen LogP contribution in [0.1, 0.15) is 45.1 Å². The van der Waals surface area contributed by atoms with Crippen LogP contribution in [0, 0.1) is 23.6 Å². The van der Waals surface area contributed by atoms with E-state index < -0.39 is 0 Å². The molecule has 3 heteroatoms. The van der Waals surface area contributed by atoms with Crippen LogP contribution in [-0.2, 0) is 6.42 Å². The van der Waals surface area contributed by atoms with E-state index in [4.69, 9.17) is 0 Å². The summed E-state index contributed by atoms with van der Waals surface area (Å²) in [4.78, 5) is 0. The van der Waals surface area contributed by atoms with Crippen molar-refractivity contribution in [1.82, 2.24) is 5.32 Å². The zero-order valence-electron chi connectivity index (χ0n) is 13.2. The van der Waals surface area contributed by atoms with E-state index in [0.29, 0.717) is 16.3 Å². The average Bonchev–Trinajstić information content (AvgIpc) is 2.45. The van der Waals surface area contributed by atoms with E-state index >= 15 is 0 Å². The van der Waals surface area contributed by atoms with Crippen LogP contribution in [0.3, 0.4) is 0 Å². The van der Waals surface area contributed by atoms with Crippen LogP contribution in [0.15, 0.2) is 22.7 Å². The Bertz CT molecular complexity index is 447. The molecule has 1 aliphatic carbocycles. The van der Waals surface area contributed by atoms with Crippen LogP contribution in [0.4, 0.5) is 4.39 Å². The Balaban J connectivity index is 1.96. The highest BCUT2D eigenvalue weighted by Gasteiger charge is 2.25. The molecule has 1 nitrogen and oxygen atoms in total. The Kier molecular flexibility index (Phi) is 6.69. The first-order valence-corrected chi connectivity index (χ1v) is 9.00. The van der Waals surface area contributed by atoms with Crippen molar-refractivity contribution in [2.75, 3.05) is 13.1 Å². The molecule has 0 bridgehead atoms. The topological polar surface area (TPSA) is 12.0 Å². The Labute approximate surface area is 136 Å². The Morgan fingerprint density at radius 3 is 2.67 bits per heavy atom. The van der Waals surface area contributed by atoms with E-state index in [9.17, 15) is 4.39 Å². The number of hydrogen-bond acceptors (Lipinski definition) is 1. The minimum atomic E-state index is -0.141. The number of hydrogen-bond donors (Lipinski definition) is 1. The van der Waals surface area contributed by atoms with Crippen molar-refractivity contribution >= 4 is 15.9 Å². The summed E-state index contributed by atoms with van der Waals surface area (Å²) in [7, 11) is 0. The van der Waals surface area contributed by atoms with Crippen molar-refractivity contribution in [3.63, 3.8) is 0 Å². The first kappa shape index (κ1) is 17.0. The van der Waals surface area contributed by atoms with E-state index in [1.54, 1.807) is 0 Å². The highest BCUT2D eigenvalue weighted by Crippen LogP contribution is 2.34. The molecule has 0 saturated heterocycles. The fourth-order valence-corrected chi connectivity index (χ4v) is 3.79. The Hall–Kier alpha value is -0.410. The SMILES string of the molecule is CC(C)CNCC1CCCCC1Cc1cccc(F)c1Br. The first-order chi connectivity index (χ1) is 10.1. The molecule has 1 fully saturated rings. The smallest absolute Gasteiger partial charge is 0.137 e. The molecule has 118 valence electrons. The van der Waals surface area contributed by atoms with Gasteiger partial charge in [-0.1, -0.05) is 38.8 Å². The maximum atomic E-state index is 13.7. The van der Waals surface area contributed by atoms with Gasteiger partial charge in [0.2, 0.25) is 0 Å². The van der Waals surface area contributed by atoms with Crippen molar-refractivity contribution in [3.8, 4) is 0 Å². The van der Waals surface area contributed by atoms with Gasteiger partial charge >= 0.3 is 0 Å². The number of nitrogens with one attached hydrogen (secondary N) is 1. The van der Waals surface area contributed by atoms with Gasteiger partial charge in [-0.2, -0.15) is 0 Å². The molecule has 2 atom stereocenters. The van der Waals surface area contributed by atoms with Crippen LogP contribution < -0.4 is 5.32 Å². The molecule has 2 rings (SSSR count). The van der Waals surface area contributed by atoms with Crippen LogP contribution in [-0.4, -0.2) is 13.1 Å². The quantitative estimate of drug-likeness (QED) is 0.740. The average molecular weight is 356 g/mol. The lowest BCUT2D eigenvalue weighted by molar-refractivity contribution is 0.226. The van der Waals surface area contributed by atoms with Crippen LogP contribution in [0.2, 0.25) is 0 Å². The van der Waals surface area contributed by atoms with Gasteiger partial charge in [0.15, 0.2) is 0 Å². The molecule has 0 aliphatic heterocycles. The molecular weight excluding hydrogens is 329 g/mol. The number of halogens is 2. The van der Waals surface area contributed by atoms with Gasteiger partial charge in [-0.25, -0.2) is 4.39 Å². The van der Waals surface area contributed by atoms with Gasteiger partial charge in [-0.3, -0.25) is 0 Å². The molecule has 1 aromatic carbocycles. The first-order valence-electron chi connectivity index (χ1n) is 8.21. The van der Waals surface area contributed by atoms with Crippen molar-refractivity contribution in [2.45, 2.75) is 46.0 Å². The number of rotatable bonds is 6. The van der Waals surface area contributed by atoms with Gasteiger partial charge in [0, 0.05) is 0 Å². The predicted molar refractivity (Wildman–Crippen MR) is 91.0 cm³/mol. The van der Waals surface area contributed by atoms with E-state index in [-0.39, 0.29) is 5.82 Å². The molecule has 2 unspecified atom stereocenters. The van der Waals surface area contributed by atoms with E-state index in [0.717, 1.165) is 31.0 Å². The second-order valence-corrected chi connectivity index (χ2v) is 7.57. The van der Waals surface area contributed by atoms with Crippen LogP contribution >= 0.6 is 15.9 Å². The molecule has 1 saturated carbocycles. The van der Waals surface area contributed by atoms with Gasteiger partial charge < -0.3 is 5.32 Å². The highest BCUT2D eigenvalue weighted by atomic mass is 79.9. The summed E-state index contributed by atoms with van der Waals surface area (Å²) >= 11 is 3.41. The minimum absolute atomic E-state index is 0.141. The normalized spacial score (nSPS) is 22.7. The fraction of sp³-hybridized carbons (Fsp3) is 0.667. The summed E-state index contributed by atoms with van der Waals surface area (Å²) in [6.07, 6.45) is 6.24. The molecule has 0 amide bonds. The summed E-state index contributed by atoms with van der Waals surface area (Å²) in [5.41, 5.74) is 1.12. The molecule has 0 radical (unpaired) electrons. The maximum absolute atomic E-state index is 13.7. The standard InChI is InChI=1S/C18H27BrFN/c1-13(2)11-21-12-16-7-4-3-6-14(16)10-15-8-5-9-17(20)18(15)19/h5,8-9,13-14,16,21H,3-4,6-7,10-12H2,1-2H3. The maximum Gasteiger partial charge on any atom is 0.137 e. The molecule has 0 spiro atoms. The zero-order chi connectivity index (χ0) is 15.2. The monoisotopic (exact) mass is 355 g/mol. The van der Waals surface area contributed by atoms with Gasteiger partial charge in [0.1, 0.15) is 5.82 Å². The molecule has 0 heterocycles. The molecule has 1 N–H and O–H groups in total. The largest absolute Gasteiger partial charge is 0.316 e. The molecule has 21 heavy (non-hydrogen) atoms. The molecular formula is C18H27BrFN. The summed E-state index contributed by atoms with van der Waals surface area (Å²) < 4.78 is 14.3. The third kappa shape index (κ3) is 5.07. The second-order valence-electron chi connectivity index (χ2n) is 6.77. The summed E-state index contributed by atoms with van der Waals surface area (Å²) in [5.74, 6) is 1.96. The summed E-state index contributed by atoms with van der Waals surface area (Å²) in [5, 5.41) is 3.61. The lowest BCUT2D eigenvalue weighted by Crippen LogP contribution is -2.33. The van der Waals surface area contributed by atoms with E-state index in [2.05, 4.69) is 41.2 Å². The van der Waals surface area contributed by atoms with Crippen molar-refractivity contribution in [1.29, 1.82) is 0 Å². The Morgan fingerprint density at radius 1 is 1.24 bits per heavy atom. The Morgan fingerprint density at radius 2 is 1.95 bits per heavy atom. The lowest BCUT2D eigenvalue weighted by atomic mass is 9.76. The second kappa shape index (κ2) is 8.28. The fourth-order valence-electron chi connectivity index (χ4n) is 3.37. The lowest BCUT2D eigenvalue weighted by Gasteiger charge is -2.32. The van der Waals surface area contributed by atoms with Crippen molar-refractivity contribution in [3.05, 3.63) is 34.1 Å². The zero-order valence-corrected chi connectivity index (χ0v) is 14.8. The highest BCUT2D eigenvalue weighted by molar-refractivity contribution is 9.10.